The normalized spacial score (nSPS) is 21.5. The van der Waals surface area contributed by atoms with E-state index in [1.54, 1.807) is 0 Å². The second kappa shape index (κ2) is 35.6. The molecule has 0 aromatic heterocycles. The number of carbonyl (C=O) groups is 1. The molecule has 6 N–H and O–H groups in total. The molecule has 0 aromatic rings. The highest BCUT2D eigenvalue weighted by Gasteiger charge is 2.44. The van der Waals surface area contributed by atoms with E-state index in [0.29, 0.717) is 12.8 Å². The Balaban J connectivity index is 2.31. The fourth-order valence-electron chi connectivity index (χ4n) is 7.51. The van der Waals surface area contributed by atoms with Crippen molar-refractivity contribution in [3.8, 4) is 0 Å². The van der Waals surface area contributed by atoms with E-state index >= 15 is 0 Å². The lowest BCUT2D eigenvalue weighted by atomic mass is 9.99. The van der Waals surface area contributed by atoms with Crippen LogP contribution >= 0.6 is 0 Å². The van der Waals surface area contributed by atoms with Gasteiger partial charge in [0.05, 0.1) is 25.4 Å². The first-order valence-corrected chi connectivity index (χ1v) is 22.7. The van der Waals surface area contributed by atoms with Gasteiger partial charge in [-0.25, -0.2) is 0 Å². The predicted octanol–water partition coefficient (Wildman–Crippen LogP) is 9.17. The van der Waals surface area contributed by atoms with Crippen molar-refractivity contribution in [1.82, 2.24) is 5.32 Å². The molecule has 1 aliphatic heterocycles. The van der Waals surface area contributed by atoms with Gasteiger partial charge in [-0.15, -0.1) is 0 Å². The first-order valence-electron chi connectivity index (χ1n) is 22.7. The van der Waals surface area contributed by atoms with E-state index in [1.807, 2.05) is 0 Å². The number of unbranched alkanes of at least 4 members (excludes halogenated alkanes) is 28. The van der Waals surface area contributed by atoms with Gasteiger partial charge in [-0.1, -0.05) is 200 Å². The van der Waals surface area contributed by atoms with Crippen LogP contribution in [0.5, 0.6) is 0 Å². The second-order valence-corrected chi connectivity index (χ2v) is 16.2. The summed E-state index contributed by atoms with van der Waals surface area (Å²) in [6.07, 6.45) is 31.0. The maximum absolute atomic E-state index is 13.0. The molecule has 1 aliphatic rings. The molecule has 9 nitrogen and oxygen atoms in total. The van der Waals surface area contributed by atoms with Crippen molar-refractivity contribution in [3.05, 3.63) is 0 Å². The van der Waals surface area contributed by atoms with Crippen LogP contribution in [-0.2, 0) is 14.3 Å². The van der Waals surface area contributed by atoms with Gasteiger partial charge in [0.25, 0.3) is 0 Å². The fourth-order valence-corrected chi connectivity index (χ4v) is 7.51. The molecule has 0 radical (unpaired) electrons. The molecule has 1 amide bonds. The van der Waals surface area contributed by atoms with Crippen LogP contribution < -0.4 is 5.32 Å². The van der Waals surface area contributed by atoms with Gasteiger partial charge in [-0.3, -0.25) is 4.79 Å². The van der Waals surface area contributed by atoms with Gasteiger partial charge < -0.3 is 40.3 Å². The number of hydrogen-bond donors (Lipinski definition) is 6. The Bertz CT molecular complexity index is 801. The lowest BCUT2D eigenvalue weighted by Gasteiger charge is -2.40. The first-order chi connectivity index (χ1) is 25.8. The number of rotatable bonds is 38. The van der Waals surface area contributed by atoms with E-state index < -0.39 is 49.5 Å². The number of aliphatic hydroxyl groups excluding tert-OH is 5. The summed E-state index contributed by atoms with van der Waals surface area (Å²) in [5.74, 6) is -0.141. The Labute approximate surface area is 325 Å². The molecule has 1 heterocycles. The van der Waals surface area contributed by atoms with E-state index in [0.717, 1.165) is 38.5 Å². The average Bonchev–Trinajstić information content (AvgIpc) is 3.16. The third kappa shape index (κ3) is 26.6. The molecule has 0 aliphatic carbocycles. The second-order valence-electron chi connectivity index (χ2n) is 16.2. The lowest BCUT2D eigenvalue weighted by Crippen LogP contribution is -2.60. The average molecular weight is 758 g/mol. The predicted molar refractivity (Wildman–Crippen MR) is 217 cm³/mol. The smallest absolute Gasteiger partial charge is 0.220 e. The van der Waals surface area contributed by atoms with E-state index in [-0.39, 0.29) is 12.5 Å². The highest BCUT2D eigenvalue weighted by Crippen LogP contribution is 2.23. The quantitative estimate of drug-likeness (QED) is 0.0342. The fraction of sp³-hybridized carbons (Fsp3) is 0.977. The van der Waals surface area contributed by atoms with Gasteiger partial charge in [-0.05, 0) is 12.8 Å². The van der Waals surface area contributed by atoms with E-state index in [2.05, 4.69) is 19.2 Å². The maximum atomic E-state index is 13.0. The molecule has 1 rings (SSSR count). The van der Waals surface area contributed by atoms with Crippen molar-refractivity contribution in [1.29, 1.82) is 0 Å². The number of aliphatic hydroxyl groups is 5. The van der Waals surface area contributed by atoms with Crippen molar-refractivity contribution in [2.24, 2.45) is 0 Å². The SMILES string of the molecule is CCCCCCCCCCCCCCCCCCCC(=O)N[C@@H](CO[C@@H]1O[C@H](CO)[C@@H](O)C(O)C1O)[C@H](O)CCCCCCCCCCCCCCC. The van der Waals surface area contributed by atoms with Crippen LogP contribution in [0.25, 0.3) is 0 Å². The summed E-state index contributed by atoms with van der Waals surface area (Å²) in [4.78, 5) is 13.0. The molecule has 0 spiro atoms. The summed E-state index contributed by atoms with van der Waals surface area (Å²) in [7, 11) is 0. The van der Waals surface area contributed by atoms with Crippen LogP contribution in [0.2, 0.25) is 0 Å². The molecule has 1 fully saturated rings. The van der Waals surface area contributed by atoms with Crippen LogP contribution in [-0.4, -0.2) is 87.5 Å². The Hall–Kier alpha value is -0.810. The van der Waals surface area contributed by atoms with Gasteiger partial charge in [0.15, 0.2) is 6.29 Å². The molecule has 53 heavy (non-hydrogen) atoms. The minimum Gasteiger partial charge on any atom is -0.394 e. The number of amides is 1. The molecule has 0 saturated carbocycles. The van der Waals surface area contributed by atoms with Crippen LogP contribution in [0.3, 0.4) is 0 Å². The third-order valence-corrected chi connectivity index (χ3v) is 11.2. The molecule has 0 bridgehead atoms. The third-order valence-electron chi connectivity index (χ3n) is 11.2. The van der Waals surface area contributed by atoms with Crippen molar-refractivity contribution in [2.45, 2.75) is 262 Å². The van der Waals surface area contributed by atoms with E-state index in [1.165, 1.54) is 154 Å². The maximum Gasteiger partial charge on any atom is 0.220 e. The zero-order valence-electron chi connectivity index (χ0n) is 34.5. The first kappa shape index (κ1) is 50.2. The number of nitrogens with one attached hydrogen (secondary N) is 1. The largest absolute Gasteiger partial charge is 0.394 e. The number of hydrogen-bond acceptors (Lipinski definition) is 8. The molecule has 316 valence electrons. The summed E-state index contributed by atoms with van der Waals surface area (Å²) in [5, 5.41) is 54.3. The van der Waals surface area contributed by atoms with Crippen molar-refractivity contribution in [2.75, 3.05) is 13.2 Å². The molecule has 7 atom stereocenters. The van der Waals surface area contributed by atoms with Crippen molar-refractivity contribution >= 4 is 5.91 Å². The van der Waals surface area contributed by atoms with E-state index in [9.17, 15) is 30.3 Å². The Morgan fingerprint density at radius 1 is 0.566 bits per heavy atom. The van der Waals surface area contributed by atoms with Crippen LogP contribution in [0.15, 0.2) is 0 Å². The van der Waals surface area contributed by atoms with Gasteiger partial charge in [0, 0.05) is 6.42 Å². The molecule has 9 heteroatoms. The van der Waals surface area contributed by atoms with Gasteiger partial charge >= 0.3 is 0 Å². The number of ether oxygens (including phenoxy) is 2. The summed E-state index contributed by atoms with van der Waals surface area (Å²) in [5.41, 5.74) is 0. The topological polar surface area (TPSA) is 149 Å². The van der Waals surface area contributed by atoms with Crippen LogP contribution in [0.1, 0.15) is 219 Å². The molecule has 1 saturated heterocycles. The van der Waals surface area contributed by atoms with Gasteiger partial charge in [0.1, 0.15) is 24.4 Å². The minimum absolute atomic E-state index is 0.132. The zero-order chi connectivity index (χ0) is 38.8. The zero-order valence-corrected chi connectivity index (χ0v) is 34.5. The molecular formula is C44H87NO8. The number of carbonyl (C=O) groups excluding carboxylic acids is 1. The van der Waals surface area contributed by atoms with Gasteiger partial charge in [0.2, 0.25) is 5.91 Å². The standard InChI is InChI=1S/C44H87NO8/c1-3-5-7-9-11-13-15-17-18-19-20-22-24-26-28-30-32-34-40(48)45-37(36-52-44-43(51)42(50)41(49)39(35-46)53-44)38(47)33-31-29-27-25-23-21-16-14-12-10-8-6-4-2/h37-39,41-44,46-47,49-51H,3-36H2,1-2H3,(H,45,48)/t37-,38+,39+,41+,42?,43?,44+/m0/s1. The van der Waals surface area contributed by atoms with Gasteiger partial charge in [-0.2, -0.15) is 0 Å². The molecular weight excluding hydrogens is 670 g/mol. The lowest BCUT2D eigenvalue weighted by molar-refractivity contribution is -0.302. The Morgan fingerprint density at radius 3 is 1.34 bits per heavy atom. The molecule has 2 unspecified atom stereocenters. The summed E-state index contributed by atoms with van der Waals surface area (Å²) >= 11 is 0. The summed E-state index contributed by atoms with van der Waals surface area (Å²) < 4.78 is 11.2. The summed E-state index contributed by atoms with van der Waals surface area (Å²) in [6, 6.07) is -0.710. The Kier molecular flexibility index (Phi) is 33.7. The monoisotopic (exact) mass is 758 g/mol. The van der Waals surface area contributed by atoms with Crippen LogP contribution in [0, 0.1) is 0 Å². The van der Waals surface area contributed by atoms with Crippen molar-refractivity contribution < 1.29 is 39.8 Å². The Morgan fingerprint density at radius 2 is 0.943 bits per heavy atom. The van der Waals surface area contributed by atoms with Crippen molar-refractivity contribution in [3.63, 3.8) is 0 Å². The highest BCUT2D eigenvalue weighted by atomic mass is 16.7. The molecule has 0 aromatic carbocycles. The van der Waals surface area contributed by atoms with E-state index in [4.69, 9.17) is 9.47 Å². The van der Waals surface area contributed by atoms with Crippen LogP contribution in [0.4, 0.5) is 0 Å². The highest BCUT2D eigenvalue weighted by molar-refractivity contribution is 5.76. The summed E-state index contributed by atoms with van der Waals surface area (Å²) in [6.45, 7) is 3.84. The minimum atomic E-state index is -1.55.